The molecule has 0 saturated heterocycles. The van der Waals surface area contributed by atoms with Crippen molar-refractivity contribution in [1.82, 2.24) is 0 Å². The van der Waals surface area contributed by atoms with Gasteiger partial charge in [-0.15, -0.1) is 9.79 Å². The van der Waals surface area contributed by atoms with Gasteiger partial charge in [-0.3, -0.25) is 10.1 Å². The van der Waals surface area contributed by atoms with Gasteiger partial charge >= 0.3 is 8.25 Å². The number of anilines is 1. The number of nitro benzene ring substituents is 1. The Labute approximate surface area is 192 Å². The van der Waals surface area contributed by atoms with Gasteiger partial charge in [-0.25, -0.2) is 0 Å². The number of hydrogen-bond acceptors (Lipinski definition) is 5. The van der Waals surface area contributed by atoms with Crippen molar-refractivity contribution in [3.63, 3.8) is 0 Å². The minimum Gasteiger partial charge on any atom is -0.456 e. The number of ether oxygens (including phenoxy) is 1. The van der Waals surface area contributed by atoms with E-state index in [0.717, 1.165) is 0 Å². The van der Waals surface area contributed by atoms with Crippen LogP contribution in [-0.4, -0.2) is 20.2 Å². The van der Waals surface area contributed by atoms with E-state index in [1.807, 2.05) is 0 Å². The molecule has 0 heterocycles. The van der Waals surface area contributed by atoms with Gasteiger partial charge in [0.15, 0.2) is 0 Å². The van der Waals surface area contributed by atoms with Crippen molar-refractivity contribution in [2.75, 3.05) is 5.32 Å². The van der Waals surface area contributed by atoms with E-state index < -0.39 is 13.2 Å². The Morgan fingerprint density at radius 2 is 1.65 bits per heavy atom. The standard InChI is InChI=1S/C20H24Cl2N2O3.HO3P/c1-12(2)20(5,13(3)4)23-17-11-15(7-8-18(17)24(25)26)27-19-9-6-14(21)10-16(19)22;1-4(2)3/h6-13,23H,1-5H3;(H-,1,2,3)/p+1. The molecule has 11 heteroatoms. The van der Waals surface area contributed by atoms with Crippen LogP contribution in [0.25, 0.3) is 0 Å². The van der Waals surface area contributed by atoms with Crippen molar-refractivity contribution >= 4 is 42.8 Å². The molecule has 3 N–H and O–H groups in total. The fraction of sp³-hybridized carbons (Fsp3) is 0.400. The summed E-state index contributed by atoms with van der Waals surface area (Å²) < 4.78 is 14.5. The molecule has 0 saturated carbocycles. The molecule has 0 bridgehead atoms. The molecule has 0 aromatic heterocycles. The van der Waals surface area contributed by atoms with Crippen LogP contribution in [0.15, 0.2) is 36.4 Å². The number of nitro groups is 1. The zero-order chi connectivity index (χ0) is 23.9. The van der Waals surface area contributed by atoms with E-state index in [1.54, 1.807) is 30.3 Å². The monoisotopic (exact) mass is 491 g/mol. The maximum atomic E-state index is 11.5. The first-order chi connectivity index (χ1) is 14.3. The van der Waals surface area contributed by atoms with Gasteiger partial charge in [0.25, 0.3) is 5.69 Å². The Balaban J connectivity index is 0.00000110. The topological polar surface area (TPSA) is 122 Å². The third kappa shape index (κ3) is 7.91. The minimum atomic E-state index is -2.87. The van der Waals surface area contributed by atoms with E-state index in [0.29, 0.717) is 27.2 Å². The van der Waals surface area contributed by atoms with E-state index >= 15 is 0 Å². The lowest BCUT2D eigenvalue weighted by Gasteiger charge is -2.39. The van der Waals surface area contributed by atoms with Crippen LogP contribution >= 0.6 is 31.5 Å². The maximum absolute atomic E-state index is 11.5. The van der Waals surface area contributed by atoms with Crippen LogP contribution in [0.2, 0.25) is 10.0 Å². The number of halogens is 2. The van der Waals surface area contributed by atoms with E-state index in [9.17, 15) is 10.1 Å². The predicted octanol–water partition coefficient (Wildman–Crippen LogP) is 6.80. The molecular formula is C20H26Cl2N2O6P+. The molecule has 2 aromatic rings. The van der Waals surface area contributed by atoms with Crippen LogP contribution in [-0.2, 0) is 4.57 Å². The average Bonchev–Trinajstić information content (AvgIpc) is 2.63. The van der Waals surface area contributed by atoms with Crippen molar-refractivity contribution < 1.29 is 24.0 Å². The summed E-state index contributed by atoms with van der Waals surface area (Å²) in [7, 11) is -2.87. The van der Waals surface area contributed by atoms with Crippen LogP contribution in [0.4, 0.5) is 11.4 Å². The quantitative estimate of drug-likeness (QED) is 0.221. The Morgan fingerprint density at radius 3 is 2.10 bits per heavy atom. The summed E-state index contributed by atoms with van der Waals surface area (Å²) in [5, 5.41) is 15.7. The zero-order valence-electron chi connectivity index (χ0n) is 17.8. The molecule has 170 valence electrons. The molecular weight excluding hydrogens is 466 g/mol. The first kappa shape index (κ1) is 27.1. The molecule has 0 unspecified atom stereocenters. The number of benzene rings is 2. The van der Waals surface area contributed by atoms with Crippen molar-refractivity contribution in [3.8, 4) is 11.5 Å². The molecule has 2 aromatic carbocycles. The van der Waals surface area contributed by atoms with Gasteiger partial charge in [0.1, 0.15) is 17.2 Å². The molecule has 0 fully saturated rings. The SMILES string of the molecule is CC(C)C(C)(Nc1cc(Oc2ccc(Cl)cc2Cl)ccc1[N+](=O)[O-])C(C)C.O=[P+](O)O. The number of nitrogens with one attached hydrogen (secondary N) is 1. The summed E-state index contributed by atoms with van der Waals surface area (Å²) in [4.78, 5) is 25.3. The normalized spacial score (nSPS) is 11.1. The van der Waals surface area contributed by atoms with Crippen molar-refractivity contribution in [1.29, 1.82) is 0 Å². The van der Waals surface area contributed by atoms with Crippen molar-refractivity contribution in [2.45, 2.75) is 40.2 Å². The van der Waals surface area contributed by atoms with Gasteiger partial charge < -0.3 is 10.1 Å². The summed E-state index contributed by atoms with van der Waals surface area (Å²) in [6.07, 6.45) is 0. The lowest BCUT2D eigenvalue weighted by molar-refractivity contribution is -0.384. The summed E-state index contributed by atoms with van der Waals surface area (Å²) in [5.74, 6) is 1.39. The minimum absolute atomic E-state index is 0.00271. The fourth-order valence-electron chi connectivity index (χ4n) is 2.77. The second-order valence-electron chi connectivity index (χ2n) is 7.58. The van der Waals surface area contributed by atoms with Crippen molar-refractivity contribution in [2.24, 2.45) is 11.8 Å². The van der Waals surface area contributed by atoms with Gasteiger partial charge in [-0.2, -0.15) is 0 Å². The largest absolute Gasteiger partial charge is 0.692 e. The Bertz CT molecular complexity index is 928. The molecule has 2 rings (SSSR count). The number of hydrogen-bond donors (Lipinski definition) is 3. The number of rotatable bonds is 7. The maximum Gasteiger partial charge on any atom is 0.692 e. The molecule has 0 aliphatic carbocycles. The van der Waals surface area contributed by atoms with Gasteiger partial charge in [0.05, 0.1) is 9.95 Å². The third-order valence-corrected chi connectivity index (χ3v) is 5.62. The van der Waals surface area contributed by atoms with Crippen LogP contribution in [0.3, 0.4) is 0 Å². The van der Waals surface area contributed by atoms with Gasteiger partial charge in [-0.1, -0.05) is 50.9 Å². The van der Waals surface area contributed by atoms with Crippen LogP contribution in [0, 0.1) is 22.0 Å². The predicted molar refractivity (Wildman–Crippen MR) is 123 cm³/mol. The number of nitrogens with zero attached hydrogens (tertiary/aromatic N) is 1. The molecule has 0 spiro atoms. The Morgan fingerprint density at radius 1 is 1.10 bits per heavy atom. The van der Waals surface area contributed by atoms with E-state index in [1.165, 1.54) is 6.07 Å². The molecule has 31 heavy (non-hydrogen) atoms. The highest BCUT2D eigenvalue weighted by Crippen LogP contribution is 2.38. The van der Waals surface area contributed by atoms with E-state index in [-0.39, 0.29) is 23.1 Å². The molecule has 8 nitrogen and oxygen atoms in total. The van der Waals surface area contributed by atoms with Crippen LogP contribution < -0.4 is 10.1 Å². The van der Waals surface area contributed by atoms with E-state index in [2.05, 4.69) is 39.9 Å². The van der Waals surface area contributed by atoms with Crippen LogP contribution in [0.5, 0.6) is 11.5 Å². The average molecular weight is 492 g/mol. The van der Waals surface area contributed by atoms with Crippen LogP contribution in [0.1, 0.15) is 34.6 Å². The first-order valence-corrected chi connectivity index (χ1v) is 11.2. The lowest BCUT2D eigenvalue weighted by atomic mass is 9.78. The molecule has 0 atom stereocenters. The summed E-state index contributed by atoms with van der Waals surface area (Å²) in [5.41, 5.74) is 0.0750. The second-order valence-corrected chi connectivity index (χ2v) is 8.93. The molecule has 0 radical (unpaired) electrons. The zero-order valence-corrected chi connectivity index (χ0v) is 20.2. The van der Waals surface area contributed by atoms with Gasteiger partial charge in [0, 0.05) is 27.3 Å². The lowest BCUT2D eigenvalue weighted by Crippen LogP contribution is -2.45. The summed E-state index contributed by atoms with van der Waals surface area (Å²) in [6, 6.07) is 9.52. The first-order valence-electron chi connectivity index (χ1n) is 9.32. The smallest absolute Gasteiger partial charge is 0.456 e. The molecule has 0 amide bonds. The van der Waals surface area contributed by atoms with Gasteiger partial charge in [-0.05, 0) is 43.0 Å². The third-order valence-electron chi connectivity index (χ3n) is 5.09. The molecule has 0 aliphatic rings. The summed E-state index contributed by atoms with van der Waals surface area (Å²) in [6.45, 7) is 10.4. The van der Waals surface area contributed by atoms with E-state index in [4.69, 9.17) is 42.3 Å². The van der Waals surface area contributed by atoms with Gasteiger partial charge in [0.2, 0.25) is 0 Å². The highest BCUT2D eigenvalue weighted by atomic mass is 35.5. The highest BCUT2D eigenvalue weighted by Gasteiger charge is 2.34. The second kappa shape index (κ2) is 11.6. The highest BCUT2D eigenvalue weighted by molar-refractivity contribution is 7.30. The summed E-state index contributed by atoms with van der Waals surface area (Å²) >= 11 is 12.1. The molecule has 0 aliphatic heterocycles. The fourth-order valence-corrected chi connectivity index (χ4v) is 3.22. The van der Waals surface area contributed by atoms with Crippen molar-refractivity contribution in [3.05, 3.63) is 56.6 Å². The Hall–Kier alpha value is -1.96. The Kier molecular flexibility index (Phi) is 10.1.